The number of benzene rings is 1. The maximum Gasteiger partial charge on any atom is 0.410 e. The molecule has 0 radical (unpaired) electrons. The summed E-state index contributed by atoms with van der Waals surface area (Å²) in [5, 5.41) is 0. The Morgan fingerprint density at radius 3 is 2.47 bits per heavy atom. The van der Waals surface area contributed by atoms with E-state index in [2.05, 4.69) is 4.74 Å². The molecule has 0 atom stereocenters. The molecule has 1 aromatic rings. The zero-order valence-corrected chi connectivity index (χ0v) is 9.88. The number of hydrogen-bond donors (Lipinski definition) is 0. The molecule has 5 heteroatoms. The molecular formula is C12H15NO4. The minimum absolute atomic E-state index is 0.121. The van der Waals surface area contributed by atoms with E-state index in [1.807, 2.05) is 30.3 Å². The van der Waals surface area contributed by atoms with E-state index in [9.17, 15) is 9.59 Å². The second kappa shape index (κ2) is 6.52. The number of esters is 1. The van der Waals surface area contributed by atoms with Crippen molar-refractivity contribution in [1.82, 2.24) is 4.90 Å². The van der Waals surface area contributed by atoms with Crippen molar-refractivity contribution in [2.45, 2.75) is 6.61 Å². The SMILES string of the molecule is COC(=O)CN(C)C(=O)OCc1ccccc1. The normalized spacial score (nSPS) is 9.53. The van der Waals surface area contributed by atoms with Crippen molar-refractivity contribution in [3.05, 3.63) is 35.9 Å². The third kappa shape index (κ3) is 4.55. The molecule has 0 saturated heterocycles. The van der Waals surface area contributed by atoms with Crippen LogP contribution < -0.4 is 0 Å². The predicted molar refractivity (Wildman–Crippen MR) is 61.3 cm³/mol. The van der Waals surface area contributed by atoms with E-state index in [1.54, 1.807) is 0 Å². The fraction of sp³-hybridized carbons (Fsp3) is 0.333. The second-order valence-corrected chi connectivity index (χ2v) is 3.47. The summed E-state index contributed by atoms with van der Waals surface area (Å²) >= 11 is 0. The van der Waals surface area contributed by atoms with Crippen LogP contribution in [0.1, 0.15) is 5.56 Å². The molecule has 0 bridgehead atoms. The summed E-state index contributed by atoms with van der Waals surface area (Å²) in [5.41, 5.74) is 0.896. The van der Waals surface area contributed by atoms with E-state index in [1.165, 1.54) is 14.2 Å². The lowest BCUT2D eigenvalue weighted by atomic mass is 10.2. The number of ether oxygens (including phenoxy) is 2. The van der Waals surface area contributed by atoms with Gasteiger partial charge in [0.1, 0.15) is 13.2 Å². The van der Waals surface area contributed by atoms with Crippen LogP contribution in [0, 0.1) is 0 Å². The molecule has 0 aromatic heterocycles. The van der Waals surface area contributed by atoms with Crippen molar-refractivity contribution in [3.8, 4) is 0 Å². The van der Waals surface area contributed by atoms with Gasteiger partial charge in [-0.1, -0.05) is 30.3 Å². The summed E-state index contributed by atoms with van der Waals surface area (Å²) < 4.78 is 9.46. The number of nitrogens with zero attached hydrogens (tertiary/aromatic N) is 1. The molecule has 0 fully saturated rings. The molecule has 92 valence electrons. The van der Waals surface area contributed by atoms with Crippen LogP contribution in [0.4, 0.5) is 4.79 Å². The van der Waals surface area contributed by atoms with Gasteiger partial charge in [0.15, 0.2) is 0 Å². The fourth-order valence-corrected chi connectivity index (χ4v) is 1.15. The number of carbonyl (C=O) groups is 2. The van der Waals surface area contributed by atoms with E-state index >= 15 is 0 Å². The number of amides is 1. The minimum atomic E-state index is -0.556. The Kier molecular flexibility index (Phi) is 5.00. The summed E-state index contributed by atoms with van der Waals surface area (Å²) in [6.45, 7) is 0.0648. The highest BCUT2D eigenvalue weighted by atomic mass is 16.6. The van der Waals surface area contributed by atoms with Gasteiger partial charge in [0, 0.05) is 7.05 Å². The van der Waals surface area contributed by atoms with Crippen LogP contribution in [-0.2, 0) is 20.9 Å². The molecule has 0 unspecified atom stereocenters. The second-order valence-electron chi connectivity index (χ2n) is 3.47. The first kappa shape index (κ1) is 13.0. The van der Waals surface area contributed by atoms with Gasteiger partial charge in [0.25, 0.3) is 0 Å². The van der Waals surface area contributed by atoms with Crippen LogP contribution in [0.5, 0.6) is 0 Å². The quantitative estimate of drug-likeness (QED) is 0.743. The number of hydrogen-bond acceptors (Lipinski definition) is 4. The van der Waals surface area contributed by atoms with Gasteiger partial charge in [-0.25, -0.2) is 4.79 Å². The summed E-state index contributed by atoms with van der Waals surface area (Å²) in [4.78, 5) is 23.6. The summed E-state index contributed by atoms with van der Waals surface area (Å²) in [6.07, 6.45) is -0.556. The maximum absolute atomic E-state index is 11.5. The average molecular weight is 237 g/mol. The third-order valence-electron chi connectivity index (χ3n) is 2.11. The Morgan fingerprint density at radius 2 is 1.88 bits per heavy atom. The molecule has 1 amide bonds. The molecule has 17 heavy (non-hydrogen) atoms. The summed E-state index contributed by atoms with van der Waals surface area (Å²) in [6, 6.07) is 9.32. The van der Waals surface area contributed by atoms with E-state index in [0.717, 1.165) is 10.5 Å². The first-order chi connectivity index (χ1) is 8.13. The van der Waals surface area contributed by atoms with Gasteiger partial charge < -0.3 is 14.4 Å². The molecule has 0 aliphatic carbocycles. The Bertz CT molecular complexity index is 377. The van der Waals surface area contributed by atoms with Crippen LogP contribution in [0.15, 0.2) is 30.3 Å². The Labute approximate surface area is 99.9 Å². The molecule has 1 rings (SSSR count). The van der Waals surface area contributed by atoms with Crippen molar-refractivity contribution in [2.75, 3.05) is 20.7 Å². The van der Waals surface area contributed by atoms with Crippen LogP contribution in [0.3, 0.4) is 0 Å². The van der Waals surface area contributed by atoms with Gasteiger partial charge in [-0.15, -0.1) is 0 Å². The fourth-order valence-electron chi connectivity index (χ4n) is 1.15. The van der Waals surface area contributed by atoms with Gasteiger partial charge in [0.2, 0.25) is 0 Å². The summed E-state index contributed by atoms with van der Waals surface area (Å²) in [7, 11) is 2.75. The van der Waals surface area contributed by atoms with Crippen molar-refractivity contribution in [3.63, 3.8) is 0 Å². The average Bonchev–Trinajstić information content (AvgIpc) is 2.36. The van der Waals surface area contributed by atoms with E-state index in [0.29, 0.717) is 0 Å². The lowest BCUT2D eigenvalue weighted by molar-refractivity contribution is -0.141. The highest BCUT2D eigenvalue weighted by Gasteiger charge is 2.14. The number of carbonyl (C=O) groups excluding carboxylic acids is 2. The van der Waals surface area contributed by atoms with Crippen LogP contribution in [-0.4, -0.2) is 37.7 Å². The zero-order valence-electron chi connectivity index (χ0n) is 9.88. The van der Waals surface area contributed by atoms with Gasteiger partial charge in [-0.3, -0.25) is 4.79 Å². The minimum Gasteiger partial charge on any atom is -0.468 e. The molecule has 0 heterocycles. The smallest absolute Gasteiger partial charge is 0.410 e. The van der Waals surface area contributed by atoms with Crippen molar-refractivity contribution < 1.29 is 19.1 Å². The molecule has 5 nitrogen and oxygen atoms in total. The Hall–Kier alpha value is -2.04. The maximum atomic E-state index is 11.5. The number of rotatable bonds is 4. The third-order valence-corrected chi connectivity index (χ3v) is 2.11. The Morgan fingerprint density at radius 1 is 1.24 bits per heavy atom. The molecule has 0 spiro atoms. The molecule has 0 aliphatic heterocycles. The van der Waals surface area contributed by atoms with E-state index < -0.39 is 12.1 Å². The van der Waals surface area contributed by atoms with Crippen LogP contribution in [0.25, 0.3) is 0 Å². The number of likely N-dealkylation sites (N-methyl/N-ethyl adjacent to an activating group) is 1. The van der Waals surface area contributed by atoms with Crippen LogP contribution in [0.2, 0.25) is 0 Å². The highest BCUT2D eigenvalue weighted by Crippen LogP contribution is 2.02. The molecule has 1 aromatic carbocycles. The lowest BCUT2D eigenvalue weighted by Crippen LogP contribution is -2.33. The molecule has 0 aliphatic rings. The molecule has 0 N–H and O–H groups in total. The van der Waals surface area contributed by atoms with Crippen molar-refractivity contribution in [2.24, 2.45) is 0 Å². The topological polar surface area (TPSA) is 55.8 Å². The highest BCUT2D eigenvalue weighted by molar-refractivity contribution is 5.77. The van der Waals surface area contributed by atoms with E-state index in [-0.39, 0.29) is 13.2 Å². The van der Waals surface area contributed by atoms with Gasteiger partial charge in [-0.05, 0) is 5.56 Å². The predicted octanol–water partition coefficient (Wildman–Crippen LogP) is 1.43. The Balaban J connectivity index is 2.37. The van der Waals surface area contributed by atoms with Crippen LogP contribution >= 0.6 is 0 Å². The van der Waals surface area contributed by atoms with Crippen molar-refractivity contribution in [1.29, 1.82) is 0 Å². The summed E-state index contributed by atoms with van der Waals surface area (Å²) in [5.74, 6) is -0.482. The largest absolute Gasteiger partial charge is 0.468 e. The van der Waals surface area contributed by atoms with Gasteiger partial charge in [-0.2, -0.15) is 0 Å². The number of methoxy groups -OCH3 is 1. The van der Waals surface area contributed by atoms with Gasteiger partial charge >= 0.3 is 12.1 Å². The monoisotopic (exact) mass is 237 g/mol. The standard InChI is InChI=1S/C12H15NO4/c1-13(8-11(14)16-2)12(15)17-9-10-6-4-3-5-7-10/h3-7H,8-9H2,1-2H3. The lowest BCUT2D eigenvalue weighted by Gasteiger charge is -2.15. The van der Waals surface area contributed by atoms with Crippen molar-refractivity contribution >= 4 is 12.1 Å². The van der Waals surface area contributed by atoms with Gasteiger partial charge in [0.05, 0.1) is 7.11 Å². The molecule has 0 saturated carbocycles. The van der Waals surface area contributed by atoms with E-state index in [4.69, 9.17) is 4.74 Å². The zero-order chi connectivity index (χ0) is 12.7. The first-order valence-electron chi connectivity index (χ1n) is 5.12. The molecular weight excluding hydrogens is 222 g/mol. The first-order valence-corrected chi connectivity index (χ1v) is 5.12.